The van der Waals surface area contributed by atoms with Crippen LogP contribution < -0.4 is 0 Å². The van der Waals surface area contributed by atoms with Crippen LogP contribution in [-0.4, -0.2) is 0 Å². The van der Waals surface area contributed by atoms with E-state index in [0.29, 0.717) is 0 Å². The fraction of sp³-hybridized carbons (Fsp3) is 0.200. The lowest BCUT2D eigenvalue weighted by molar-refractivity contribution is 1.11. The fourth-order valence-corrected chi connectivity index (χ4v) is 2.61. The van der Waals surface area contributed by atoms with Crippen LogP contribution >= 0.6 is 22.6 Å². The van der Waals surface area contributed by atoms with Crippen LogP contribution in [0.4, 0.5) is 0 Å². The first kappa shape index (κ1) is 11.6. The van der Waals surface area contributed by atoms with Crippen LogP contribution in [0.15, 0.2) is 42.5 Å². The molecule has 2 rings (SSSR count). The molecule has 0 aliphatic heterocycles. The highest BCUT2D eigenvalue weighted by Crippen LogP contribution is 2.26. The van der Waals surface area contributed by atoms with Gasteiger partial charge in [0.1, 0.15) is 0 Å². The molecule has 0 atom stereocenters. The van der Waals surface area contributed by atoms with E-state index in [1.54, 1.807) is 0 Å². The first-order valence-corrected chi connectivity index (χ1v) is 6.64. The van der Waals surface area contributed by atoms with Crippen LogP contribution in [0.3, 0.4) is 0 Å². The van der Waals surface area contributed by atoms with Crippen LogP contribution in [0.2, 0.25) is 0 Å². The van der Waals surface area contributed by atoms with E-state index < -0.39 is 0 Å². The molecular formula is C15H15I. The van der Waals surface area contributed by atoms with Crippen molar-refractivity contribution in [2.75, 3.05) is 0 Å². The van der Waals surface area contributed by atoms with Crippen molar-refractivity contribution in [3.05, 3.63) is 57.2 Å². The Morgan fingerprint density at radius 2 is 1.81 bits per heavy atom. The standard InChI is InChI=1S/C15H15I/c1-3-12-10-13(9-8-11(12)2)14-6-4-5-7-15(14)16/h4-10H,3H2,1-2H3. The number of hydrogen-bond acceptors (Lipinski definition) is 0. The van der Waals surface area contributed by atoms with Crippen molar-refractivity contribution in [2.45, 2.75) is 20.3 Å². The molecule has 82 valence electrons. The molecule has 1 heteroatoms. The summed E-state index contributed by atoms with van der Waals surface area (Å²) in [6.07, 6.45) is 1.10. The molecule has 0 saturated heterocycles. The summed E-state index contributed by atoms with van der Waals surface area (Å²) in [5, 5.41) is 0. The Hall–Kier alpha value is -0.830. The highest BCUT2D eigenvalue weighted by Gasteiger charge is 2.04. The van der Waals surface area contributed by atoms with Crippen LogP contribution in [0.1, 0.15) is 18.1 Å². The van der Waals surface area contributed by atoms with Crippen LogP contribution in [0.25, 0.3) is 11.1 Å². The van der Waals surface area contributed by atoms with Gasteiger partial charge in [0.2, 0.25) is 0 Å². The van der Waals surface area contributed by atoms with Crippen molar-refractivity contribution >= 4 is 22.6 Å². The van der Waals surface area contributed by atoms with E-state index in [1.807, 2.05) is 0 Å². The van der Waals surface area contributed by atoms with Gasteiger partial charge in [-0.15, -0.1) is 0 Å². The van der Waals surface area contributed by atoms with Crippen molar-refractivity contribution in [1.29, 1.82) is 0 Å². The largest absolute Gasteiger partial charge is 0.0616 e. The molecule has 0 radical (unpaired) electrons. The third-order valence-electron chi connectivity index (χ3n) is 2.91. The van der Waals surface area contributed by atoms with E-state index in [-0.39, 0.29) is 0 Å². The van der Waals surface area contributed by atoms with Crippen LogP contribution in [0, 0.1) is 10.5 Å². The fourth-order valence-electron chi connectivity index (χ4n) is 1.92. The summed E-state index contributed by atoms with van der Waals surface area (Å²) < 4.78 is 1.31. The van der Waals surface area contributed by atoms with Gasteiger partial charge in [-0.1, -0.05) is 43.3 Å². The topological polar surface area (TPSA) is 0 Å². The minimum Gasteiger partial charge on any atom is -0.0616 e. The van der Waals surface area contributed by atoms with Gasteiger partial charge in [-0.3, -0.25) is 0 Å². The van der Waals surface area contributed by atoms with E-state index in [2.05, 4.69) is 78.9 Å². The lowest BCUT2D eigenvalue weighted by Gasteiger charge is -2.08. The molecule has 0 aliphatic rings. The SMILES string of the molecule is CCc1cc(-c2ccccc2I)ccc1C. The minimum atomic E-state index is 1.10. The quantitative estimate of drug-likeness (QED) is 0.695. The Kier molecular flexibility index (Phi) is 3.64. The van der Waals surface area contributed by atoms with Crippen molar-refractivity contribution in [1.82, 2.24) is 0 Å². The van der Waals surface area contributed by atoms with E-state index in [0.717, 1.165) is 6.42 Å². The molecule has 0 bridgehead atoms. The molecule has 2 aromatic carbocycles. The van der Waals surface area contributed by atoms with Gasteiger partial charge in [-0.05, 0) is 64.3 Å². The summed E-state index contributed by atoms with van der Waals surface area (Å²) in [6.45, 7) is 4.39. The van der Waals surface area contributed by atoms with Gasteiger partial charge in [0.05, 0.1) is 0 Å². The number of rotatable bonds is 2. The van der Waals surface area contributed by atoms with Gasteiger partial charge in [0.15, 0.2) is 0 Å². The third kappa shape index (κ3) is 2.29. The van der Waals surface area contributed by atoms with Gasteiger partial charge < -0.3 is 0 Å². The molecular weight excluding hydrogens is 307 g/mol. The predicted molar refractivity (Wildman–Crippen MR) is 78.7 cm³/mol. The molecule has 0 saturated carbocycles. The van der Waals surface area contributed by atoms with Gasteiger partial charge >= 0.3 is 0 Å². The van der Waals surface area contributed by atoms with Gasteiger partial charge in [-0.25, -0.2) is 0 Å². The first-order chi connectivity index (χ1) is 7.72. The van der Waals surface area contributed by atoms with Crippen LogP contribution in [0.5, 0.6) is 0 Å². The second kappa shape index (κ2) is 5.00. The lowest BCUT2D eigenvalue weighted by Crippen LogP contribution is -1.89. The Balaban J connectivity index is 2.53. The molecule has 0 nitrogen and oxygen atoms in total. The summed E-state index contributed by atoms with van der Waals surface area (Å²) in [4.78, 5) is 0. The number of aryl methyl sites for hydroxylation is 2. The average Bonchev–Trinajstić information content (AvgIpc) is 2.31. The molecule has 16 heavy (non-hydrogen) atoms. The van der Waals surface area contributed by atoms with Gasteiger partial charge in [0.25, 0.3) is 0 Å². The summed E-state index contributed by atoms with van der Waals surface area (Å²) in [5.41, 5.74) is 5.49. The maximum Gasteiger partial charge on any atom is 0.0208 e. The van der Waals surface area contributed by atoms with E-state index >= 15 is 0 Å². The monoisotopic (exact) mass is 322 g/mol. The second-order valence-corrected chi connectivity index (χ2v) is 5.14. The predicted octanol–water partition coefficient (Wildman–Crippen LogP) is 4.83. The number of hydrogen-bond donors (Lipinski definition) is 0. The smallest absolute Gasteiger partial charge is 0.0208 e. The molecule has 0 spiro atoms. The molecule has 0 aromatic heterocycles. The van der Waals surface area contributed by atoms with Gasteiger partial charge in [0, 0.05) is 3.57 Å². The average molecular weight is 322 g/mol. The van der Waals surface area contributed by atoms with Crippen molar-refractivity contribution < 1.29 is 0 Å². The molecule has 0 N–H and O–H groups in total. The summed E-state index contributed by atoms with van der Waals surface area (Å²) in [5.74, 6) is 0. The zero-order chi connectivity index (χ0) is 11.5. The molecule has 2 aromatic rings. The van der Waals surface area contributed by atoms with Crippen molar-refractivity contribution in [3.63, 3.8) is 0 Å². The zero-order valence-corrected chi connectivity index (χ0v) is 11.8. The number of benzene rings is 2. The molecule has 0 amide bonds. The third-order valence-corrected chi connectivity index (χ3v) is 3.86. The highest BCUT2D eigenvalue weighted by molar-refractivity contribution is 14.1. The van der Waals surface area contributed by atoms with Crippen molar-refractivity contribution in [3.8, 4) is 11.1 Å². The minimum absolute atomic E-state index is 1.10. The molecule has 0 fully saturated rings. The Labute approximate surface area is 111 Å². The van der Waals surface area contributed by atoms with E-state index in [4.69, 9.17) is 0 Å². The van der Waals surface area contributed by atoms with Gasteiger partial charge in [-0.2, -0.15) is 0 Å². The first-order valence-electron chi connectivity index (χ1n) is 5.57. The maximum atomic E-state index is 2.40. The molecule has 0 aliphatic carbocycles. The molecule has 0 heterocycles. The maximum absolute atomic E-state index is 2.40. The van der Waals surface area contributed by atoms with E-state index in [1.165, 1.54) is 25.8 Å². The Morgan fingerprint density at radius 3 is 2.50 bits per heavy atom. The summed E-state index contributed by atoms with van der Waals surface area (Å²) in [6, 6.07) is 15.3. The summed E-state index contributed by atoms with van der Waals surface area (Å²) in [7, 11) is 0. The van der Waals surface area contributed by atoms with E-state index in [9.17, 15) is 0 Å². The zero-order valence-electron chi connectivity index (χ0n) is 9.63. The Morgan fingerprint density at radius 1 is 1.06 bits per heavy atom. The highest BCUT2D eigenvalue weighted by atomic mass is 127. The normalized spacial score (nSPS) is 10.4. The lowest BCUT2D eigenvalue weighted by atomic mass is 9.98. The number of halogens is 1. The second-order valence-electron chi connectivity index (χ2n) is 3.97. The molecule has 0 unspecified atom stereocenters. The summed E-state index contributed by atoms with van der Waals surface area (Å²) >= 11 is 2.40. The Bertz CT molecular complexity index is 501. The van der Waals surface area contributed by atoms with Crippen molar-refractivity contribution in [2.24, 2.45) is 0 Å². The van der Waals surface area contributed by atoms with Crippen LogP contribution in [-0.2, 0) is 6.42 Å².